The Balaban J connectivity index is 1.43. The van der Waals surface area contributed by atoms with Gasteiger partial charge in [0.05, 0.1) is 4.88 Å². The molecule has 0 bridgehead atoms. The molecule has 2 atom stereocenters. The van der Waals surface area contributed by atoms with Crippen LogP contribution in [0.3, 0.4) is 0 Å². The normalized spacial score (nSPS) is 19.5. The molecule has 0 radical (unpaired) electrons. The molecule has 23 heavy (non-hydrogen) atoms. The summed E-state index contributed by atoms with van der Waals surface area (Å²) in [5.41, 5.74) is 2.33. The highest BCUT2D eigenvalue weighted by Crippen LogP contribution is 2.47. The summed E-state index contributed by atoms with van der Waals surface area (Å²) < 4.78 is 4.35. The van der Waals surface area contributed by atoms with E-state index in [2.05, 4.69) is 19.7 Å². The maximum atomic E-state index is 12.3. The lowest BCUT2D eigenvalue weighted by Crippen LogP contribution is -2.14. The number of amides is 1. The fourth-order valence-electron chi connectivity index (χ4n) is 2.63. The van der Waals surface area contributed by atoms with Crippen LogP contribution in [0.1, 0.15) is 23.5 Å². The van der Waals surface area contributed by atoms with E-state index in [0.717, 1.165) is 16.9 Å². The largest absolute Gasteiger partial charge is 0.300 e. The van der Waals surface area contributed by atoms with Crippen molar-refractivity contribution < 1.29 is 4.79 Å². The van der Waals surface area contributed by atoms with Crippen molar-refractivity contribution in [1.82, 2.24) is 14.3 Å². The SMILES string of the molecule is Cc1ccsc1-c1nsc(NC(=O)[C@@H]2C[C@H]2c2ccncc2)n1. The van der Waals surface area contributed by atoms with Crippen LogP contribution in [0.15, 0.2) is 36.0 Å². The fourth-order valence-corrected chi connectivity index (χ4v) is 4.13. The molecule has 1 saturated carbocycles. The number of anilines is 1. The first-order chi connectivity index (χ1) is 11.2. The highest BCUT2D eigenvalue weighted by atomic mass is 32.1. The Morgan fingerprint density at radius 1 is 1.30 bits per heavy atom. The van der Waals surface area contributed by atoms with E-state index in [1.54, 1.807) is 23.7 Å². The van der Waals surface area contributed by atoms with Gasteiger partial charge in [0.15, 0.2) is 5.82 Å². The Morgan fingerprint density at radius 2 is 2.13 bits per heavy atom. The molecule has 3 aromatic heterocycles. The summed E-state index contributed by atoms with van der Waals surface area (Å²) in [6, 6.07) is 5.99. The molecule has 0 aliphatic heterocycles. The first kappa shape index (κ1) is 14.5. The first-order valence-electron chi connectivity index (χ1n) is 7.31. The summed E-state index contributed by atoms with van der Waals surface area (Å²) in [6.45, 7) is 2.04. The summed E-state index contributed by atoms with van der Waals surface area (Å²) in [4.78, 5) is 21.8. The predicted molar refractivity (Wildman–Crippen MR) is 91.7 cm³/mol. The van der Waals surface area contributed by atoms with Crippen LogP contribution in [0.25, 0.3) is 10.7 Å². The van der Waals surface area contributed by atoms with Crippen LogP contribution in [-0.4, -0.2) is 20.2 Å². The van der Waals surface area contributed by atoms with Crippen molar-refractivity contribution in [3.8, 4) is 10.7 Å². The van der Waals surface area contributed by atoms with Gasteiger partial charge in [-0.15, -0.1) is 11.3 Å². The third-order valence-electron chi connectivity index (χ3n) is 3.98. The average Bonchev–Trinajstić information content (AvgIpc) is 3.07. The van der Waals surface area contributed by atoms with E-state index in [1.807, 2.05) is 30.5 Å². The topological polar surface area (TPSA) is 67.8 Å². The fraction of sp³-hybridized carbons (Fsp3) is 0.250. The molecule has 0 spiro atoms. The van der Waals surface area contributed by atoms with Gasteiger partial charge in [0, 0.05) is 29.8 Å². The van der Waals surface area contributed by atoms with Gasteiger partial charge in [-0.2, -0.15) is 9.36 Å². The van der Waals surface area contributed by atoms with Gasteiger partial charge < -0.3 is 5.32 Å². The number of pyridine rings is 1. The molecule has 5 nitrogen and oxygen atoms in total. The van der Waals surface area contributed by atoms with Crippen molar-refractivity contribution in [1.29, 1.82) is 0 Å². The number of nitrogens with zero attached hydrogens (tertiary/aromatic N) is 3. The molecule has 4 rings (SSSR count). The molecule has 0 unspecified atom stereocenters. The molecule has 3 aromatic rings. The van der Waals surface area contributed by atoms with E-state index < -0.39 is 0 Å². The number of aryl methyl sites for hydroxylation is 1. The van der Waals surface area contributed by atoms with Crippen molar-refractivity contribution in [2.45, 2.75) is 19.3 Å². The van der Waals surface area contributed by atoms with Gasteiger partial charge in [-0.1, -0.05) is 0 Å². The van der Waals surface area contributed by atoms with Crippen molar-refractivity contribution in [2.75, 3.05) is 5.32 Å². The Hall–Kier alpha value is -2.12. The molecule has 3 heterocycles. The molecule has 1 aliphatic carbocycles. The maximum Gasteiger partial charge on any atom is 0.229 e. The lowest BCUT2D eigenvalue weighted by Gasteiger charge is -2.00. The van der Waals surface area contributed by atoms with Crippen LogP contribution in [0.4, 0.5) is 5.13 Å². The number of nitrogens with one attached hydrogen (secondary N) is 1. The lowest BCUT2D eigenvalue weighted by molar-refractivity contribution is -0.117. The molecular formula is C16H14N4OS2. The van der Waals surface area contributed by atoms with Crippen molar-refractivity contribution >= 4 is 33.9 Å². The quantitative estimate of drug-likeness (QED) is 0.785. The third kappa shape index (κ3) is 2.89. The van der Waals surface area contributed by atoms with Gasteiger partial charge >= 0.3 is 0 Å². The predicted octanol–water partition coefficient (Wildman–Crippen LogP) is 3.71. The van der Waals surface area contributed by atoms with Crippen LogP contribution in [0, 0.1) is 12.8 Å². The number of thiophene rings is 1. The highest BCUT2D eigenvalue weighted by molar-refractivity contribution is 7.14. The highest BCUT2D eigenvalue weighted by Gasteiger charge is 2.44. The van der Waals surface area contributed by atoms with Gasteiger partial charge in [0.2, 0.25) is 11.0 Å². The zero-order valence-electron chi connectivity index (χ0n) is 12.4. The Morgan fingerprint density at radius 3 is 2.87 bits per heavy atom. The molecule has 7 heteroatoms. The molecule has 1 N–H and O–H groups in total. The summed E-state index contributed by atoms with van der Waals surface area (Å²) >= 11 is 2.84. The number of rotatable bonds is 4. The Bertz CT molecular complexity index is 843. The van der Waals surface area contributed by atoms with Crippen LogP contribution in [0.5, 0.6) is 0 Å². The Kier molecular flexibility index (Phi) is 3.66. The summed E-state index contributed by atoms with van der Waals surface area (Å²) in [7, 11) is 0. The minimum atomic E-state index is 0.0215. The zero-order chi connectivity index (χ0) is 15.8. The molecule has 1 aliphatic rings. The molecule has 1 fully saturated rings. The summed E-state index contributed by atoms with van der Waals surface area (Å²) in [6.07, 6.45) is 4.41. The molecule has 0 saturated heterocycles. The van der Waals surface area contributed by atoms with Gasteiger partial charge in [-0.25, -0.2) is 0 Å². The number of carbonyl (C=O) groups excluding carboxylic acids is 1. The van der Waals surface area contributed by atoms with Crippen LogP contribution >= 0.6 is 22.9 Å². The summed E-state index contributed by atoms with van der Waals surface area (Å²) in [5.74, 6) is 1.04. The van der Waals surface area contributed by atoms with Crippen molar-refractivity contribution in [2.24, 2.45) is 5.92 Å². The van der Waals surface area contributed by atoms with Gasteiger partial charge in [0.25, 0.3) is 0 Å². The lowest BCUT2D eigenvalue weighted by atomic mass is 10.1. The number of carbonyl (C=O) groups is 1. The van der Waals surface area contributed by atoms with Gasteiger partial charge in [0.1, 0.15) is 0 Å². The average molecular weight is 342 g/mol. The summed E-state index contributed by atoms with van der Waals surface area (Å²) in [5, 5.41) is 5.49. The maximum absolute atomic E-state index is 12.3. The van der Waals surface area contributed by atoms with E-state index >= 15 is 0 Å². The second-order valence-corrected chi connectivity index (χ2v) is 7.24. The minimum Gasteiger partial charge on any atom is -0.300 e. The second-order valence-electron chi connectivity index (χ2n) is 5.57. The number of aromatic nitrogens is 3. The van der Waals surface area contributed by atoms with Crippen molar-refractivity contribution in [3.05, 3.63) is 47.1 Å². The second kappa shape index (κ2) is 5.82. The van der Waals surface area contributed by atoms with E-state index in [9.17, 15) is 4.79 Å². The third-order valence-corrected chi connectivity index (χ3v) is 5.63. The molecule has 1 amide bonds. The number of hydrogen-bond donors (Lipinski definition) is 1. The van der Waals surface area contributed by atoms with E-state index in [0.29, 0.717) is 16.9 Å². The zero-order valence-corrected chi connectivity index (χ0v) is 14.0. The monoisotopic (exact) mass is 342 g/mol. The first-order valence-corrected chi connectivity index (χ1v) is 8.96. The van der Waals surface area contributed by atoms with Crippen LogP contribution in [-0.2, 0) is 4.79 Å². The van der Waals surface area contributed by atoms with E-state index in [1.165, 1.54) is 17.1 Å². The van der Waals surface area contributed by atoms with Crippen LogP contribution in [0.2, 0.25) is 0 Å². The van der Waals surface area contributed by atoms with Gasteiger partial charge in [-0.3, -0.25) is 9.78 Å². The molecule has 0 aromatic carbocycles. The van der Waals surface area contributed by atoms with Crippen LogP contribution < -0.4 is 5.32 Å². The van der Waals surface area contributed by atoms with E-state index in [4.69, 9.17) is 0 Å². The van der Waals surface area contributed by atoms with E-state index in [-0.39, 0.29) is 11.8 Å². The standard InChI is InChI=1S/C16H14N4OS2/c1-9-4-7-22-13(9)14-18-16(23-20-14)19-15(21)12-8-11(12)10-2-5-17-6-3-10/h2-7,11-12H,8H2,1H3,(H,18,19,20,21)/t11-,12+/m0/s1. The number of hydrogen-bond acceptors (Lipinski definition) is 6. The smallest absolute Gasteiger partial charge is 0.229 e. The Labute approximate surface area is 141 Å². The van der Waals surface area contributed by atoms with Crippen molar-refractivity contribution in [3.63, 3.8) is 0 Å². The van der Waals surface area contributed by atoms with Gasteiger partial charge in [-0.05, 0) is 54.0 Å². The molecule has 116 valence electrons. The minimum absolute atomic E-state index is 0.0215. The molecular weight excluding hydrogens is 328 g/mol.